The Morgan fingerprint density at radius 2 is 1.83 bits per heavy atom. The van der Waals surface area contributed by atoms with E-state index in [-0.39, 0.29) is 23.1 Å². The summed E-state index contributed by atoms with van der Waals surface area (Å²) in [7, 11) is 0. The Morgan fingerprint density at radius 1 is 1.07 bits per heavy atom. The fourth-order valence-electron chi connectivity index (χ4n) is 4.93. The summed E-state index contributed by atoms with van der Waals surface area (Å²) in [6, 6.07) is 16.6. The lowest BCUT2D eigenvalue weighted by molar-refractivity contribution is -0.138. The van der Waals surface area contributed by atoms with E-state index >= 15 is 0 Å². The molecule has 0 spiro atoms. The van der Waals surface area contributed by atoms with Crippen molar-refractivity contribution in [1.82, 2.24) is 19.6 Å². The first-order chi connectivity index (χ1) is 14.7. The third-order valence-electron chi connectivity index (χ3n) is 6.72. The molecule has 2 aliphatic heterocycles. The van der Waals surface area contributed by atoms with Gasteiger partial charge in [-0.2, -0.15) is 0 Å². The molecule has 0 radical (unpaired) electrons. The molecule has 2 aliphatic rings. The summed E-state index contributed by atoms with van der Waals surface area (Å²) in [6.07, 6.45) is 6.94. The van der Waals surface area contributed by atoms with Crippen LogP contribution in [0.15, 0.2) is 60.9 Å². The lowest BCUT2D eigenvalue weighted by atomic mass is 9.70. The van der Waals surface area contributed by atoms with Gasteiger partial charge in [-0.3, -0.25) is 9.59 Å². The Hall–Kier alpha value is -3.15. The summed E-state index contributed by atoms with van der Waals surface area (Å²) in [5.41, 5.74) is 3.06. The molecule has 0 saturated carbocycles. The van der Waals surface area contributed by atoms with Gasteiger partial charge in [0.05, 0.1) is 11.6 Å². The van der Waals surface area contributed by atoms with Crippen molar-refractivity contribution in [3.63, 3.8) is 0 Å². The summed E-state index contributed by atoms with van der Waals surface area (Å²) >= 11 is 0. The predicted molar refractivity (Wildman–Crippen MR) is 114 cm³/mol. The second-order valence-electron chi connectivity index (χ2n) is 8.41. The van der Waals surface area contributed by atoms with E-state index in [0.717, 1.165) is 24.2 Å². The molecule has 154 valence electrons. The highest BCUT2D eigenvalue weighted by molar-refractivity contribution is 5.83. The standard InChI is InChI=1S/C24H26N4O2/c29-22-10-9-18(16-25-22)23(30)27-14-11-24(12-15-27,19-6-2-1-3-7-19)20-17-28-13-5-4-8-21(28)26-20/h1-8,13,17-18H,9-12,14-16H2,(H,25,29). The largest absolute Gasteiger partial charge is 0.355 e. The van der Waals surface area contributed by atoms with E-state index in [4.69, 9.17) is 4.98 Å². The van der Waals surface area contributed by atoms with Crippen LogP contribution >= 0.6 is 0 Å². The fourth-order valence-corrected chi connectivity index (χ4v) is 4.93. The minimum absolute atomic E-state index is 0.0487. The number of piperidine rings is 2. The average Bonchev–Trinajstić information content (AvgIpc) is 3.25. The van der Waals surface area contributed by atoms with Crippen molar-refractivity contribution < 1.29 is 9.59 Å². The summed E-state index contributed by atoms with van der Waals surface area (Å²) in [6.45, 7) is 1.86. The molecule has 4 heterocycles. The van der Waals surface area contributed by atoms with Crippen molar-refractivity contribution in [3.8, 4) is 0 Å². The van der Waals surface area contributed by atoms with E-state index in [9.17, 15) is 9.59 Å². The molecular weight excluding hydrogens is 376 g/mol. The molecule has 6 nitrogen and oxygen atoms in total. The maximum atomic E-state index is 13.0. The van der Waals surface area contributed by atoms with E-state index < -0.39 is 0 Å². The number of rotatable bonds is 3. The van der Waals surface area contributed by atoms with Crippen molar-refractivity contribution in [3.05, 3.63) is 72.2 Å². The average molecular weight is 402 g/mol. The first-order valence-corrected chi connectivity index (χ1v) is 10.7. The quantitative estimate of drug-likeness (QED) is 0.733. The third-order valence-corrected chi connectivity index (χ3v) is 6.72. The number of amides is 2. The van der Waals surface area contributed by atoms with E-state index in [1.807, 2.05) is 35.4 Å². The first-order valence-electron chi connectivity index (χ1n) is 10.7. The number of carbonyl (C=O) groups is 2. The van der Waals surface area contributed by atoms with E-state index in [0.29, 0.717) is 32.5 Å². The highest BCUT2D eigenvalue weighted by Gasteiger charge is 2.42. The normalized spacial score (nSPS) is 21.4. The van der Waals surface area contributed by atoms with Crippen LogP contribution in [0.2, 0.25) is 0 Å². The number of fused-ring (bicyclic) bond motifs is 1. The van der Waals surface area contributed by atoms with Gasteiger partial charge in [0.1, 0.15) is 5.65 Å². The van der Waals surface area contributed by atoms with Crippen molar-refractivity contribution in [2.24, 2.45) is 5.92 Å². The summed E-state index contributed by atoms with van der Waals surface area (Å²) < 4.78 is 2.07. The number of pyridine rings is 1. The minimum atomic E-state index is -0.204. The molecule has 2 aromatic heterocycles. The van der Waals surface area contributed by atoms with Crippen LogP contribution in [0.3, 0.4) is 0 Å². The van der Waals surface area contributed by atoms with Gasteiger partial charge in [-0.05, 0) is 37.0 Å². The van der Waals surface area contributed by atoms with Gasteiger partial charge in [0.15, 0.2) is 0 Å². The second-order valence-corrected chi connectivity index (χ2v) is 8.41. The number of hydrogen-bond acceptors (Lipinski definition) is 3. The Balaban J connectivity index is 1.42. The number of nitrogens with zero attached hydrogens (tertiary/aromatic N) is 3. The number of imidazole rings is 1. The van der Waals surface area contributed by atoms with Crippen LogP contribution in [0, 0.1) is 5.92 Å². The van der Waals surface area contributed by atoms with Gasteiger partial charge in [-0.15, -0.1) is 0 Å². The van der Waals surface area contributed by atoms with Gasteiger partial charge >= 0.3 is 0 Å². The van der Waals surface area contributed by atoms with Crippen molar-refractivity contribution >= 4 is 17.5 Å². The zero-order chi connectivity index (χ0) is 20.6. The van der Waals surface area contributed by atoms with Gasteiger partial charge in [0.25, 0.3) is 0 Å². The lowest BCUT2D eigenvalue weighted by Crippen LogP contribution is -2.50. The summed E-state index contributed by atoms with van der Waals surface area (Å²) in [5, 5.41) is 2.84. The molecule has 1 N–H and O–H groups in total. The number of benzene rings is 1. The maximum absolute atomic E-state index is 13.0. The van der Waals surface area contributed by atoms with Gasteiger partial charge < -0.3 is 14.6 Å². The van der Waals surface area contributed by atoms with Gasteiger partial charge in [-0.25, -0.2) is 4.98 Å². The van der Waals surface area contributed by atoms with Gasteiger partial charge in [0.2, 0.25) is 11.8 Å². The Morgan fingerprint density at radius 3 is 2.53 bits per heavy atom. The molecule has 2 amide bonds. The molecule has 1 unspecified atom stereocenters. The smallest absolute Gasteiger partial charge is 0.227 e. The van der Waals surface area contributed by atoms with Crippen LogP contribution in [0.1, 0.15) is 36.9 Å². The molecule has 1 aromatic carbocycles. The van der Waals surface area contributed by atoms with Crippen LogP contribution in [-0.2, 0) is 15.0 Å². The Bertz CT molecular complexity index is 1020. The first kappa shape index (κ1) is 18.9. The van der Waals surface area contributed by atoms with E-state index in [2.05, 4.69) is 40.2 Å². The molecule has 2 saturated heterocycles. The predicted octanol–water partition coefficient (Wildman–Crippen LogP) is 2.77. The number of carbonyl (C=O) groups excluding carboxylic acids is 2. The van der Waals surface area contributed by atoms with E-state index in [1.54, 1.807) is 0 Å². The minimum Gasteiger partial charge on any atom is -0.355 e. The van der Waals surface area contributed by atoms with Crippen LogP contribution in [-0.4, -0.2) is 45.7 Å². The van der Waals surface area contributed by atoms with Crippen molar-refractivity contribution in [1.29, 1.82) is 0 Å². The number of aromatic nitrogens is 2. The monoisotopic (exact) mass is 402 g/mol. The zero-order valence-electron chi connectivity index (χ0n) is 17.0. The fraction of sp³-hybridized carbons (Fsp3) is 0.375. The van der Waals surface area contributed by atoms with Gasteiger partial charge in [-0.1, -0.05) is 36.4 Å². The van der Waals surface area contributed by atoms with Crippen LogP contribution in [0.25, 0.3) is 5.65 Å². The Labute approximate surface area is 175 Å². The summed E-state index contributed by atoms with van der Waals surface area (Å²) in [5.74, 6) is 0.126. The molecule has 30 heavy (non-hydrogen) atoms. The van der Waals surface area contributed by atoms with Gasteiger partial charge in [0, 0.05) is 43.9 Å². The molecule has 0 bridgehead atoms. The Kier molecular flexibility index (Phi) is 4.77. The van der Waals surface area contributed by atoms with Crippen molar-refractivity contribution in [2.45, 2.75) is 31.1 Å². The van der Waals surface area contributed by atoms with E-state index in [1.165, 1.54) is 5.56 Å². The van der Waals surface area contributed by atoms with Crippen molar-refractivity contribution in [2.75, 3.05) is 19.6 Å². The molecule has 5 rings (SSSR count). The number of nitrogens with one attached hydrogen (secondary N) is 1. The SMILES string of the molecule is O=C1CCC(C(=O)N2CCC(c3ccccc3)(c3cn4ccccc4n3)CC2)CN1. The molecule has 0 aliphatic carbocycles. The number of likely N-dealkylation sites (tertiary alicyclic amines) is 1. The molecule has 3 aromatic rings. The topological polar surface area (TPSA) is 66.7 Å². The second kappa shape index (κ2) is 7.59. The molecular formula is C24H26N4O2. The van der Waals surface area contributed by atoms with Crippen LogP contribution in [0.4, 0.5) is 0 Å². The highest BCUT2D eigenvalue weighted by Crippen LogP contribution is 2.41. The summed E-state index contributed by atoms with van der Waals surface area (Å²) in [4.78, 5) is 31.4. The molecule has 1 atom stereocenters. The lowest BCUT2D eigenvalue weighted by Gasteiger charge is -2.42. The maximum Gasteiger partial charge on any atom is 0.227 e. The number of hydrogen-bond donors (Lipinski definition) is 1. The van der Waals surface area contributed by atoms with Crippen LogP contribution in [0.5, 0.6) is 0 Å². The molecule has 6 heteroatoms. The van der Waals surface area contributed by atoms with Crippen LogP contribution < -0.4 is 5.32 Å². The zero-order valence-corrected chi connectivity index (χ0v) is 17.0. The molecule has 2 fully saturated rings. The highest BCUT2D eigenvalue weighted by atomic mass is 16.2. The third kappa shape index (κ3) is 3.26.